The Bertz CT molecular complexity index is 3700. The quantitative estimate of drug-likeness (QED) is 0.174. The van der Waals surface area contributed by atoms with Gasteiger partial charge in [-0.15, -0.1) is 0 Å². The van der Waals surface area contributed by atoms with Gasteiger partial charge in [-0.2, -0.15) is 0 Å². The van der Waals surface area contributed by atoms with Crippen LogP contribution in [0.15, 0.2) is 200 Å². The van der Waals surface area contributed by atoms with Crippen molar-refractivity contribution in [3.63, 3.8) is 0 Å². The number of nitrogens with zero attached hydrogens (tertiary/aromatic N) is 4. The van der Waals surface area contributed by atoms with Gasteiger partial charge in [0.2, 0.25) is 0 Å². The van der Waals surface area contributed by atoms with E-state index < -0.39 is 0 Å². The van der Waals surface area contributed by atoms with Gasteiger partial charge in [0.05, 0.1) is 27.6 Å². The Hall–Kier alpha value is -8.02. The van der Waals surface area contributed by atoms with Crippen LogP contribution in [-0.2, 0) is 5.41 Å². The highest BCUT2D eigenvalue weighted by Crippen LogP contribution is 2.43. The van der Waals surface area contributed by atoms with E-state index in [0.29, 0.717) is 0 Å². The molecule has 0 saturated heterocycles. The van der Waals surface area contributed by atoms with Gasteiger partial charge in [-0.3, -0.25) is 9.13 Å². The topological polar surface area (TPSA) is 51.4 Å². The number of rotatable bonds is 7. The summed E-state index contributed by atoms with van der Waals surface area (Å²) in [5, 5.41) is 4.78. The molecule has 63 heavy (non-hydrogen) atoms. The number of para-hydroxylation sites is 4. The summed E-state index contributed by atoms with van der Waals surface area (Å²) < 4.78 is 4.69. The lowest BCUT2D eigenvalue weighted by Gasteiger charge is -2.27. The van der Waals surface area contributed by atoms with Gasteiger partial charge in [-0.1, -0.05) is 153 Å². The highest BCUT2D eigenvalue weighted by Gasteiger charge is 2.27. The van der Waals surface area contributed by atoms with E-state index in [-0.39, 0.29) is 5.41 Å². The van der Waals surface area contributed by atoms with Crippen LogP contribution in [0.25, 0.3) is 99.8 Å². The number of imidazole rings is 1. The van der Waals surface area contributed by atoms with Crippen molar-refractivity contribution in [2.24, 2.45) is 0 Å². The number of hydrogen-bond acceptors (Lipinski definition) is 2. The highest BCUT2D eigenvalue weighted by atomic mass is 15.1. The van der Waals surface area contributed by atoms with E-state index in [9.17, 15) is 0 Å². The molecule has 0 aliphatic carbocycles. The van der Waals surface area contributed by atoms with Crippen LogP contribution in [0.4, 0.5) is 0 Å². The van der Waals surface area contributed by atoms with E-state index in [2.05, 4.69) is 229 Å². The molecule has 12 aromatic rings. The van der Waals surface area contributed by atoms with Gasteiger partial charge in [0.15, 0.2) is 0 Å². The highest BCUT2D eigenvalue weighted by molar-refractivity contribution is 6.13. The zero-order chi connectivity index (χ0) is 42.2. The average Bonchev–Trinajstić information content (AvgIpc) is 4.02. The maximum atomic E-state index is 5.61. The number of benzene rings is 8. The van der Waals surface area contributed by atoms with E-state index in [1.165, 1.54) is 38.2 Å². The number of H-pyrrole nitrogens is 1. The predicted octanol–water partition coefficient (Wildman–Crippen LogP) is 14.8. The fourth-order valence-corrected chi connectivity index (χ4v) is 9.90. The standard InChI is InChI=1S/C58H43N5/c1-37-33-42(58(2,3)41-19-9-5-10-20-41)36-49-46-30-29-40(34-52(46)63(56(37)49)53-35-39(31-32-59-53)38-17-7-4-8-18-38)44-24-16-28-51-55(44)61-57(62(51)43-21-11-6-12-22-43)48-26-15-25-47-45-23-13-14-27-50(45)60-54(47)48/h4-36,60H,1-3H3. The van der Waals surface area contributed by atoms with Crippen molar-refractivity contribution in [2.45, 2.75) is 26.2 Å². The van der Waals surface area contributed by atoms with Crippen molar-refractivity contribution in [3.05, 3.63) is 217 Å². The summed E-state index contributed by atoms with van der Waals surface area (Å²) in [6, 6.07) is 69.7. The van der Waals surface area contributed by atoms with Crippen molar-refractivity contribution in [2.75, 3.05) is 0 Å². The first-order valence-electron chi connectivity index (χ1n) is 21.7. The summed E-state index contributed by atoms with van der Waals surface area (Å²) in [6.45, 7) is 6.90. The minimum atomic E-state index is -0.206. The molecular weight excluding hydrogens is 767 g/mol. The summed E-state index contributed by atoms with van der Waals surface area (Å²) in [7, 11) is 0. The molecular formula is C58H43N5. The molecule has 4 heterocycles. The fraction of sp³-hybridized carbons (Fsp3) is 0.0690. The zero-order valence-electron chi connectivity index (χ0n) is 35.3. The molecule has 0 unspecified atom stereocenters. The molecule has 0 atom stereocenters. The number of hydrogen-bond donors (Lipinski definition) is 1. The van der Waals surface area contributed by atoms with E-state index in [0.717, 1.165) is 78.2 Å². The molecule has 12 rings (SSSR count). The van der Waals surface area contributed by atoms with Gasteiger partial charge >= 0.3 is 0 Å². The Morgan fingerprint density at radius 1 is 0.492 bits per heavy atom. The Morgan fingerprint density at radius 2 is 1.21 bits per heavy atom. The zero-order valence-corrected chi connectivity index (χ0v) is 35.3. The van der Waals surface area contributed by atoms with Crippen LogP contribution in [0.1, 0.15) is 30.5 Å². The molecule has 0 amide bonds. The Labute approximate surface area is 365 Å². The Morgan fingerprint density at radius 3 is 2.03 bits per heavy atom. The van der Waals surface area contributed by atoms with E-state index in [1.807, 2.05) is 6.20 Å². The Balaban J connectivity index is 1.11. The maximum Gasteiger partial charge on any atom is 0.147 e. The van der Waals surface area contributed by atoms with Crippen LogP contribution in [0.2, 0.25) is 0 Å². The van der Waals surface area contributed by atoms with Gasteiger partial charge < -0.3 is 4.98 Å². The van der Waals surface area contributed by atoms with Crippen molar-refractivity contribution < 1.29 is 0 Å². The fourth-order valence-electron chi connectivity index (χ4n) is 9.90. The first-order valence-corrected chi connectivity index (χ1v) is 21.7. The van der Waals surface area contributed by atoms with Gasteiger partial charge in [-0.25, -0.2) is 9.97 Å². The van der Waals surface area contributed by atoms with Crippen LogP contribution < -0.4 is 0 Å². The molecule has 0 fully saturated rings. The maximum absolute atomic E-state index is 5.61. The van der Waals surface area contributed by atoms with E-state index >= 15 is 0 Å². The van der Waals surface area contributed by atoms with Gasteiger partial charge in [0, 0.05) is 55.5 Å². The molecule has 0 bridgehead atoms. The second-order valence-corrected chi connectivity index (χ2v) is 17.2. The van der Waals surface area contributed by atoms with Crippen LogP contribution in [-0.4, -0.2) is 24.1 Å². The van der Waals surface area contributed by atoms with Crippen LogP contribution >= 0.6 is 0 Å². The summed E-state index contributed by atoms with van der Waals surface area (Å²) in [5.74, 6) is 1.77. The number of aryl methyl sites for hydroxylation is 1. The van der Waals surface area contributed by atoms with E-state index in [4.69, 9.17) is 9.97 Å². The number of nitrogens with one attached hydrogen (secondary N) is 1. The first-order chi connectivity index (χ1) is 30.9. The Kier molecular flexibility index (Phi) is 8.35. The SMILES string of the molecule is Cc1cc(C(C)(C)c2ccccc2)cc2c3ccc(-c4cccc5c4nc(-c4cccc6c4[nH]c4ccccc46)n5-c4ccccc4)cc3n(-c3cc(-c4ccccc4)ccn3)c12. The molecule has 0 radical (unpaired) electrons. The van der Waals surface area contributed by atoms with E-state index in [1.54, 1.807) is 0 Å². The molecule has 1 N–H and O–H groups in total. The molecule has 0 spiro atoms. The van der Waals surface area contributed by atoms with Crippen LogP contribution in [0.3, 0.4) is 0 Å². The summed E-state index contributed by atoms with van der Waals surface area (Å²) >= 11 is 0. The molecule has 300 valence electrons. The lowest BCUT2D eigenvalue weighted by molar-refractivity contribution is 0.641. The van der Waals surface area contributed by atoms with Gasteiger partial charge in [0.25, 0.3) is 0 Å². The van der Waals surface area contributed by atoms with Crippen molar-refractivity contribution in [3.8, 4) is 45.1 Å². The van der Waals surface area contributed by atoms with Gasteiger partial charge in [0.1, 0.15) is 11.6 Å². The van der Waals surface area contributed by atoms with Crippen LogP contribution in [0, 0.1) is 6.92 Å². The van der Waals surface area contributed by atoms with Crippen molar-refractivity contribution in [1.29, 1.82) is 0 Å². The smallest absolute Gasteiger partial charge is 0.147 e. The molecule has 5 heteroatoms. The predicted molar refractivity (Wildman–Crippen MR) is 262 cm³/mol. The summed E-state index contributed by atoms with van der Waals surface area (Å²) in [4.78, 5) is 14.4. The lowest BCUT2D eigenvalue weighted by Crippen LogP contribution is -2.19. The largest absolute Gasteiger partial charge is 0.354 e. The number of fused-ring (bicyclic) bond motifs is 7. The minimum Gasteiger partial charge on any atom is -0.354 e. The third kappa shape index (κ3) is 5.84. The number of pyridine rings is 1. The molecule has 8 aromatic carbocycles. The van der Waals surface area contributed by atoms with Crippen molar-refractivity contribution in [1.82, 2.24) is 24.1 Å². The van der Waals surface area contributed by atoms with Crippen molar-refractivity contribution >= 4 is 54.6 Å². The van der Waals surface area contributed by atoms with Gasteiger partial charge in [-0.05, 0) is 94.9 Å². The second kappa shape index (κ2) is 14.3. The lowest BCUT2D eigenvalue weighted by atomic mass is 9.77. The summed E-state index contributed by atoms with van der Waals surface area (Å²) in [5.41, 5.74) is 16.6. The average molecular weight is 810 g/mol. The normalized spacial score (nSPS) is 12.0. The number of aromatic nitrogens is 5. The molecule has 4 aromatic heterocycles. The summed E-state index contributed by atoms with van der Waals surface area (Å²) in [6.07, 6.45) is 1.94. The first kappa shape index (κ1) is 36.8. The molecule has 5 nitrogen and oxygen atoms in total. The third-order valence-electron chi connectivity index (χ3n) is 13.1. The minimum absolute atomic E-state index is 0.206. The molecule has 0 aliphatic heterocycles. The monoisotopic (exact) mass is 809 g/mol. The second-order valence-electron chi connectivity index (χ2n) is 17.2. The molecule has 0 aliphatic rings. The molecule has 0 saturated carbocycles. The van der Waals surface area contributed by atoms with Crippen LogP contribution in [0.5, 0.6) is 0 Å². The third-order valence-corrected chi connectivity index (χ3v) is 13.1. The number of aromatic amines is 1.